The molecule has 2 nitrogen and oxygen atoms in total. The summed E-state index contributed by atoms with van der Waals surface area (Å²) < 4.78 is 5.44. The normalized spacial score (nSPS) is 19.4. The Bertz CT molecular complexity index is 176. The fourth-order valence-corrected chi connectivity index (χ4v) is 2.82. The van der Waals surface area contributed by atoms with E-state index in [1.807, 2.05) is 0 Å². The van der Waals surface area contributed by atoms with Gasteiger partial charge in [-0.25, -0.2) is 0 Å². The van der Waals surface area contributed by atoms with E-state index >= 15 is 0 Å². The van der Waals surface area contributed by atoms with Gasteiger partial charge in [-0.15, -0.1) is 0 Å². The molecule has 1 saturated heterocycles. The molecule has 0 spiro atoms. The van der Waals surface area contributed by atoms with Crippen LogP contribution in [-0.4, -0.2) is 19.8 Å². The number of nitrogens with two attached hydrogens (primary N) is 1. The highest BCUT2D eigenvalue weighted by atomic mass is 16.5. The van der Waals surface area contributed by atoms with Crippen molar-refractivity contribution in [2.75, 3.05) is 19.8 Å². The third-order valence-electron chi connectivity index (χ3n) is 4.30. The molecule has 0 bridgehead atoms. The zero-order valence-electron chi connectivity index (χ0n) is 11.7. The van der Waals surface area contributed by atoms with Gasteiger partial charge in [0.25, 0.3) is 0 Å². The zero-order chi connectivity index (χ0) is 12.4. The third kappa shape index (κ3) is 5.87. The number of ether oxygens (including phenoxy) is 1. The van der Waals surface area contributed by atoms with Crippen LogP contribution >= 0.6 is 0 Å². The van der Waals surface area contributed by atoms with Crippen LogP contribution in [0, 0.1) is 5.41 Å². The summed E-state index contributed by atoms with van der Waals surface area (Å²) in [7, 11) is 0. The lowest BCUT2D eigenvalue weighted by Gasteiger charge is -2.36. The van der Waals surface area contributed by atoms with Crippen LogP contribution in [0.3, 0.4) is 0 Å². The number of rotatable bonds is 9. The summed E-state index contributed by atoms with van der Waals surface area (Å²) in [5, 5.41) is 0. The lowest BCUT2D eigenvalue weighted by Crippen LogP contribution is -2.36. The Morgan fingerprint density at radius 2 is 1.53 bits per heavy atom. The maximum Gasteiger partial charge on any atom is 0.0471 e. The van der Waals surface area contributed by atoms with Crippen LogP contribution in [-0.2, 0) is 4.74 Å². The van der Waals surface area contributed by atoms with Gasteiger partial charge in [0.2, 0.25) is 0 Å². The van der Waals surface area contributed by atoms with Gasteiger partial charge in [0.05, 0.1) is 0 Å². The Morgan fingerprint density at radius 1 is 0.941 bits per heavy atom. The van der Waals surface area contributed by atoms with Gasteiger partial charge < -0.3 is 10.5 Å². The monoisotopic (exact) mass is 241 g/mol. The van der Waals surface area contributed by atoms with Crippen LogP contribution in [0.15, 0.2) is 0 Å². The van der Waals surface area contributed by atoms with E-state index in [0.717, 1.165) is 19.8 Å². The summed E-state index contributed by atoms with van der Waals surface area (Å²) in [5.74, 6) is 0. The van der Waals surface area contributed by atoms with Crippen LogP contribution in [0.4, 0.5) is 0 Å². The smallest absolute Gasteiger partial charge is 0.0471 e. The van der Waals surface area contributed by atoms with E-state index in [-0.39, 0.29) is 0 Å². The van der Waals surface area contributed by atoms with Gasteiger partial charge in [-0.05, 0) is 31.2 Å². The van der Waals surface area contributed by atoms with E-state index < -0.39 is 0 Å². The molecular weight excluding hydrogens is 210 g/mol. The first kappa shape index (κ1) is 15.0. The largest absolute Gasteiger partial charge is 0.381 e. The Kier molecular flexibility index (Phi) is 7.87. The second-order valence-electron chi connectivity index (χ2n) is 5.69. The van der Waals surface area contributed by atoms with Gasteiger partial charge in [-0.2, -0.15) is 0 Å². The molecule has 1 heterocycles. The summed E-state index contributed by atoms with van der Waals surface area (Å²) >= 11 is 0. The lowest BCUT2D eigenvalue weighted by atomic mass is 9.76. The standard InChI is InChI=1S/C15H31NO/c1-2-3-4-5-6-7-8-9-15(14-16)10-12-17-13-11-15/h2-14,16H2,1H3. The third-order valence-corrected chi connectivity index (χ3v) is 4.30. The maximum atomic E-state index is 5.96. The second-order valence-corrected chi connectivity index (χ2v) is 5.69. The number of hydrogen-bond donors (Lipinski definition) is 1. The highest BCUT2D eigenvalue weighted by Crippen LogP contribution is 2.34. The molecule has 1 aliphatic heterocycles. The van der Waals surface area contributed by atoms with Crippen LogP contribution in [0.25, 0.3) is 0 Å². The fourth-order valence-electron chi connectivity index (χ4n) is 2.82. The van der Waals surface area contributed by atoms with Crippen LogP contribution in [0.1, 0.15) is 71.1 Å². The molecule has 0 amide bonds. The Morgan fingerprint density at radius 3 is 2.12 bits per heavy atom. The van der Waals surface area contributed by atoms with Crippen LogP contribution in [0.5, 0.6) is 0 Å². The van der Waals surface area contributed by atoms with Crippen molar-refractivity contribution in [1.82, 2.24) is 0 Å². The molecule has 0 radical (unpaired) electrons. The van der Waals surface area contributed by atoms with Crippen molar-refractivity contribution >= 4 is 0 Å². The number of hydrogen-bond acceptors (Lipinski definition) is 2. The van der Waals surface area contributed by atoms with Gasteiger partial charge in [0, 0.05) is 13.2 Å². The van der Waals surface area contributed by atoms with Crippen molar-refractivity contribution in [1.29, 1.82) is 0 Å². The molecule has 0 aromatic carbocycles. The molecular formula is C15H31NO. The summed E-state index contributed by atoms with van der Waals surface area (Å²) in [6.07, 6.45) is 13.4. The van der Waals surface area contributed by atoms with E-state index in [2.05, 4.69) is 6.92 Å². The highest BCUT2D eigenvalue weighted by Gasteiger charge is 2.30. The molecule has 102 valence electrons. The second kappa shape index (κ2) is 8.93. The van der Waals surface area contributed by atoms with Crippen molar-refractivity contribution in [2.45, 2.75) is 71.1 Å². The first-order valence-electron chi connectivity index (χ1n) is 7.61. The SMILES string of the molecule is CCCCCCCCCC1(CN)CCOCC1. The Hall–Kier alpha value is -0.0800. The van der Waals surface area contributed by atoms with Crippen molar-refractivity contribution in [3.8, 4) is 0 Å². The van der Waals surface area contributed by atoms with Crippen molar-refractivity contribution < 1.29 is 4.74 Å². The maximum absolute atomic E-state index is 5.96. The molecule has 2 N–H and O–H groups in total. The molecule has 0 saturated carbocycles. The van der Waals surface area contributed by atoms with Crippen molar-refractivity contribution in [2.24, 2.45) is 11.1 Å². The van der Waals surface area contributed by atoms with E-state index in [1.165, 1.54) is 64.2 Å². The van der Waals surface area contributed by atoms with E-state index in [4.69, 9.17) is 10.5 Å². The molecule has 17 heavy (non-hydrogen) atoms. The molecule has 0 atom stereocenters. The quantitative estimate of drug-likeness (QED) is 0.622. The molecule has 0 aromatic heterocycles. The summed E-state index contributed by atoms with van der Waals surface area (Å²) in [5.41, 5.74) is 6.38. The molecule has 1 aliphatic rings. The number of unbranched alkanes of at least 4 members (excludes halogenated alkanes) is 6. The average molecular weight is 241 g/mol. The van der Waals surface area contributed by atoms with Gasteiger partial charge in [0.1, 0.15) is 0 Å². The van der Waals surface area contributed by atoms with Crippen LogP contribution < -0.4 is 5.73 Å². The first-order chi connectivity index (χ1) is 8.33. The van der Waals surface area contributed by atoms with Gasteiger partial charge in [0.15, 0.2) is 0 Å². The summed E-state index contributed by atoms with van der Waals surface area (Å²) in [6.45, 7) is 4.98. The molecule has 0 aromatic rings. The minimum absolute atomic E-state index is 0.418. The molecule has 2 heteroatoms. The van der Waals surface area contributed by atoms with E-state index in [0.29, 0.717) is 5.41 Å². The minimum Gasteiger partial charge on any atom is -0.381 e. The highest BCUT2D eigenvalue weighted by molar-refractivity contribution is 4.82. The molecule has 0 unspecified atom stereocenters. The minimum atomic E-state index is 0.418. The summed E-state index contributed by atoms with van der Waals surface area (Å²) in [6, 6.07) is 0. The summed E-state index contributed by atoms with van der Waals surface area (Å²) in [4.78, 5) is 0. The average Bonchev–Trinajstić information content (AvgIpc) is 2.39. The molecule has 1 fully saturated rings. The van der Waals surface area contributed by atoms with Gasteiger partial charge >= 0.3 is 0 Å². The van der Waals surface area contributed by atoms with E-state index in [1.54, 1.807) is 0 Å². The lowest BCUT2D eigenvalue weighted by molar-refractivity contribution is 0.0134. The predicted octanol–water partition coefficient (Wildman–Crippen LogP) is 3.88. The molecule has 1 rings (SSSR count). The molecule has 0 aliphatic carbocycles. The zero-order valence-corrected chi connectivity index (χ0v) is 11.7. The first-order valence-corrected chi connectivity index (χ1v) is 7.61. The van der Waals surface area contributed by atoms with Crippen LogP contribution in [0.2, 0.25) is 0 Å². The van der Waals surface area contributed by atoms with Gasteiger partial charge in [-0.3, -0.25) is 0 Å². The topological polar surface area (TPSA) is 35.2 Å². The van der Waals surface area contributed by atoms with E-state index in [9.17, 15) is 0 Å². The van der Waals surface area contributed by atoms with Crippen molar-refractivity contribution in [3.05, 3.63) is 0 Å². The Balaban J connectivity index is 2.03. The fraction of sp³-hybridized carbons (Fsp3) is 1.00. The predicted molar refractivity (Wildman–Crippen MR) is 74.2 cm³/mol. The van der Waals surface area contributed by atoms with Gasteiger partial charge in [-0.1, -0.05) is 51.9 Å². The Labute approximate surface area is 107 Å². The van der Waals surface area contributed by atoms with Crippen molar-refractivity contribution in [3.63, 3.8) is 0 Å².